The highest BCUT2D eigenvalue weighted by atomic mass is 32.1. The van der Waals surface area contributed by atoms with Crippen molar-refractivity contribution in [2.45, 2.75) is 26.8 Å². The summed E-state index contributed by atoms with van der Waals surface area (Å²) in [5.74, 6) is 0. The number of aromatic amines is 1. The second-order valence-electron chi connectivity index (χ2n) is 3.67. The number of hydrogen-bond donors (Lipinski definition) is 1. The summed E-state index contributed by atoms with van der Waals surface area (Å²) in [6, 6.07) is 0. The van der Waals surface area contributed by atoms with Gasteiger partial charge in [-0.3, -0.25) is 9.97 Å². The van der Waals surface area contributed by atoms with Gasteiger partial charge in [0.05, 0.1) is 24.1 Å². The van der Waals surface area contributed by atoms with Crippen LogP contribution >= 0.6 is 12.2 Å². The molecule has 2 aromatic rings. The molecule has 4 nitrogen and oxygen atoms in total. The van der Waals surface area contributed by atoms with E-state index in [4.69, 9.17) is 12.2 Å². The lowest BCUT2D eigenvalue weighted by Crippen LogP contribution is -2.06. The summed E-state index contributed by atoms with van der Waals surface area (Å²) in [5.41, 5.74) is 3.04. The summed E-state index contributed by atoms with van der Waals surface area (Å²) in [7, 11) is 0. The molecule has 0 radical (unpaired) electrons. The highest BCUT2D eigenvalue weighted by Crippen LogP contribution is 2.06. The molecule has 0 aliphatic heterocycles. The van der Waals surface area contributed by atoms with Crippen molar-refractivity contribution in [3.05, 3.63) is 40.4 Å². The molecule has 0 amide bonds. The predicted octanol–water partition coefficient (Wildman–Crippen LogP) is 2.25. The van der Waals surface area contributed by atoms with Crippen LogP contribution in [0.2, 0.25) is 0 Å². The topological polar surface area (TPSA) is 46.5 Å². The minimum Gasteiger partial charge on any atom is -0.337 e. The quantitative estimate of drug-likeness (QED) is 0.829. The monoisotopic (exact) mass is 234 g/mol. The largest absolute Gasteiger partial charge is 0.337 e. The van der Waals surface area contributed by atoms with Gasteiger partial charge in [-0.05, 0) is 25.6 Å². The summed E-state index contributed by atoms with van der Waals surface area (Å²) in [6.07, 6.45) is 6.47. The van der Waals surface area contributed by atoms with Crippen LogP contribution in [0.25, 0.3) is 0 Å². The van der Waals surface area contributed by atoms with Crippen LogP contribution in [0, 0.1) is 11.7 Å². The highest BCUT2D eigenvalue weighted by Gasteiger charge is 2.03. The molecule has 84 valence electrons. The summed E-state index contributed by atoms with van der Waals surface area (Å²) >= 11 is 5.22. The molecule has 0 saturated heterocycles. The molecule has 16 heavy (non-hydrogen) atoms. The average Bonchev–Trinajstić information content (AvgIpc) is 2.63. The molecule has 0 aliphatic carbocycles. The zero-order valence-corrected chi connectivity index (χ0v) is 10.2. The van der Waals surface area contributed by atoms with Crippen molar-refractivity contribution >= 4 is 12.2 Å². The predicted molar refractivity (Wildman–Crippen MR) is 64.9 cm³/mol. The van der Waals surface area contributed by atoms with Gasteiger partial charge < -0.3 is 9.55 Å². The molecule has 0 aliphatic rings. The number of rotatable bonds is 3. The van der Waals surface area contributed by atoms with E-state index in [-0.39, 0.29) is 0 Å². The van der Waals surface area contributed by atoms with Gasteiger partial charge in [-0.1, -0.05) is 6.92 Å². The Morgan fingerprint density at radius 1 is 1.38 bits per heavy atom. The van der Waals surface area contributed by atoms with E-state index in [0.717, 1.165) is 22.6 Å². The molecule has 0 unspecified atom stereocenters. The van der Waals surface area contributed by atoms with Crippen molar-refractivity contribution in [2.75, 3.05) is 0 Å². The molecular weight excluding hydrogens is 220 g/mol. The lowest BCUT2D eigenvalue weighted by atomic mass is 10.3. The molecule has 0 fully saturated rings. The number of aryl methyl sites for hydroxylation is 2. The Kier molecular flexibility index (Phi) is 3.14. The standard InChI is InChI=1S/C11H14N4S/c1-3-10-6-14-11(16)15(10)7-9-5-12-8(2)4-13-9/h4-6H,3,7H2,1-2H3,(H,14,16). The maximum absolute atomic E-state index is 5.22. The fraction of sp³-hybridized carbons (Fsp3) is 0.364. The van der Waals surface area contributed by atoms with E-state index < -0.39 is 0 Å². The van der Waals surface area contributed by atoms with Gasteiger partial charge in [-0.2, -0.15) is 0 Å². The number of imidazole rings is 1. The molecule has 0 atom stereocenters. The van der Waals surface area contributed by atoms with E-state index in [2.05, 4.69) is 26.4 Å². The van der Waals surface area contributed by atoms with Gasteiger partial charge in [0.15, 0.2) is 4.77 Å². The van der Waals surface area contributed by atoms with Gasteiger partial charge in [-0.15, -0.1) is 0 Å². The second-order valence-corrected chi connectivity index (χ2v) is 4.06. The molecule has 2 aromatic heterocycles. The third-order valence-corrected chi connectivity index (χ3v) is 2.81. The zero-order valence-electron chi connectivity index (χ0n) is 9.40. The van der Waals surface area contributed by atoms with Gasteiger partial charge in [0, 0.05) is 18.1 Å². The van der Waals surface area contributed by atoms with Gasteiger partial charge in [0.2, 0.25) is 0 Å². The van der Waals surface area contributed by atoms with Gasteiger partial charge in [-0.25, -0.2) is 0 Å². The average molecular weight is 234 g/mol. The van der Waals surface area contributed by atoms with Crippen LogP contribution in [-0.4, -0.2) is 19.5 Å². The van der Waals surface area contributed by atoms with Crippen LogP contribution in [0.4, 0.5) is 0 Å². The van der Waals surface area contributed by atoms with Crippen molar-refractivity contribution in [1.82, 2.24) is 19.5 Å². The fourth-order valence-corrected chi connectivity index (χ4v) is 1.80. The molecule has 2 heterocycles. The minimum atomic E-state index is 0.679. The first kappa shape index (κ1) is 11.0. The van der Waals surface area contributed by atoms with Crippen molar-refractivity contribution < 1.29 is 0 Å². The summed E-state index contributed by atoms with van der Waals surface area (Å²) in [4.78, 5) is 11.6. The van der Waals surface area contributed by atoms with Crippen molar-refractivity contribution in [3.63, 3.8) is 0 Å². The van der Waals surface area contributed by atoms with Crippen LogP contribution in [0.1, 0.15) is 24.0 Å². The number of aromatic nitrogens is 4. The van der Waals surface area contributed by atoms with Crippen LogP contribution in [0.3, 0.4) is 0 Å². The third-order valence-electron chi connectivity index (χ3n) is 2.47. The van der Waals surface area contributed by atoms with Crippen molar-refractivity contribution in [2.24, 2.45) is 0 Å². The van der Waals surface area contributed by atoms with E-state index in [1.54, 1.807) is 12.4 Å². The Bertz CT molecular complexity index is 524. The van der Waals surface area contributed by atoms with E-state index >= 15 is 0 Å². The summed E-state index contributed by atoms with van der Waals surface area (Å²) in [6.45, 7) is 4.71. The van der Waals surface area contributed by atoms with Crippen LogP contribution in [0.15, 0.2) is 18.6 Å². The molecule has 1 N–H and O–H groups in total. The highest BCUT2D eigenvalue weighted by molar-refractivity contribution is 7.71. The molecule has 0 saturated carbocycles. The summed E-state index contributed by atoms with van der Waals surface area (Å²) in [5, 5.41) is 0. The van der Waals surface area contributed by atoms with Crippen LogP contribution in [-0.2, 0) is 13.0 Å². The molecule has 0 aromatic carbocycles. The Labute approximate surface area is 99.4 Å². The normalized spacial score (nSPS) is 10.6. The third kappa shape index (κ3) is 2.19. The van der Waals surface area contributed by atoms with Gasteiger partial charge >= 0.3 is 0 Å². The SMILES string of the molecule is CCc1c[nH]c(=S)n1Cc1cnc(C)cn1. The van der Waals surface area contributed by atoms with E-state index in [1.807, 2.05) is 13.1 Å². The molecule has 2 rings (SSSR count). The zero-order chi connectivity index (χ0) is 11.5. The summed E-state index contributed by atoms with van der Waals surface area (Å²) < 4.78 is 2.79. The maximum Gasteiger partial charge on any atom is 0.177 e. The first-order chi connectivity index (χ1) is 7.70. The Hall–Kier alpha value is -1.49. The second kappa shape index (κ2) is 4.57. The maximum atomic E-state index is 5.22. The lowest BCUT2D eigenvalue weighted by Gasteiger charge is -2.05. The minimum absolute atomic E-state index is 0.679. The first-order valence-corrected chi connectivity index (χ1v) is 5.66. The van der Waals surface area contributed by atoms with Crippen LogP contribution in [0.5, 0.6) is 0 Å². The number of hydrogen-bond acceptors (Lipinski definition) is 3. The van der Waals surface area contributed by atoms with E-state index in [9.17, 15) is 0 Å². The number of nitrogens with one attached hydrogen (secondary N) is 1. The Morgan fingerprint density at radius 3 is 2.81 bits per heavy atom. The van der Waals surface area contributed by atoms with Crippen molar-refractivity contribution in [3.8, 4) is 0 Å². The fourth-order valence-electron chi connectivity index (χ4n) is 1.56. The lowest BCUT2D eigenvalue weighted by molar-refractivity contribution is 0.714. The van der Waals surface area contributed by atoms with Crippen molar-refractivity contribution in [1.29, 1.82) is 0 Å². The number of nitrogens with zero attached hydrogens (tertiary/aromatic N) is 3. The van der Waals surface area contributed by atoms with Gasteiger partial charge in [0.1, 0.15) is 0 Å². The molecule has 5 heteroatoms. The smallest absolute Gasteiger partial charge is 0.177 e. The van der Waals surface area contributed by atoms with Gasteiger partial charge in [0.25, 0.3) is 0 Å². The molecule has 0 bridgehead atoms. The molecular formula is C11H14N4S. The molecule has 0 spiro atoms. The Morgan fingerprint density at radius 2 is 2.19 bits per heavy atom. The first-order valence-electron chi connectivity index (χ1n) is 5.25. The number of H-pyrrole nitrogens is 1. The van der Waals surface area contributed by atoms with E-state index in [0.29, 0.717) is 6.54 Å². The van der Waals surface area contributed by atoms with E-state index in [1.165, 1.54) is 5.69 Å². The Balaban J connectivity index is 2.29. The van der Waals surface area contributed by atoms with Crippen LogP contribution < -0.4 is 0 Å².